The lowest BCUT2D eigenvalue weighted by atomic mass is 9.71. The number of esters is 2. The first kappa shape index (κ1) is 13.0. The highest BCUT2D eigenvalue weighted by Crippen LogP contribution is 2.44. The molecule has 0 saturated carbocycles. The van der Waals surface area contributed by atoms with E-state index >= 15 is 0 Å². The van der Waals surface area contributed by atoms with Crippen molar-refractivity contribution in [2.75, 3.05) is 0 Å². The number of hydrogen-bond donors (Lipinski definition) is 0. The molecule has 4 nitrogen and oxygen atoms in total. The predicted molar refractivity (Wildman–Crippen MR) is 77.4 cm³/mol. The Morgan fingerprint density at radius 1 is 0.818 bits per heavy atom. The molecule has 0 radical (unpaired) electrons. The van der Waals surface area contributed by atoms with Crippen LogP contribution in [0.15, 0.2) is 48.5 Å². The largest absolute Gasteiger partial charge is 0.393 e. The van der Waals surface area contributed by atoms with E-state index in [1.807, 2.05) is 24.3 Å². The molecular formula is C18H12O4. The van der Waals surface area contributed by atoms with Gasteiger partial charge in [0.2, 0.25) is 0 Å². The average Bonchev–Trinajstić information content (AvgIpc) is 2.86. The van der Waals surface area contributed by atoms with Gasteiger partial charge < -0.3 is 4.74 Å². The molecule has 1 fully saturated rings. The molecule has 0 bridgehead atoms. The molecule has 1 saturated heterocycles. The molecule has 0 aromatic heterocycles. The van der Waals surface area contributed by atoms with E-state index in [4.69, 9.17) is 4.74 Å². The molecule has 4 heteroatoms. The number of rotatable bonds is 1. The van der Waals surface area contributed by atoms with Gasteiger partial charge in [0, 0.05) is 17.0 Å². The van der Waals surface area contributed by atoms with Crippen LogP contribution < -0.4 is 0 Å². The normalized spacial score (nSPS) is 20.5. The summed E-state index contributed by atoms with van der Waals surface area (Å²) in [6.45, 7) is 0. The summed E-state index contributed by atoms with van der Waals surface area (Å²) in [6, 6.07) is 14.5. The lowest BCUT2D eigenvalue weighted by Gasteiger charge is -2.29. The third kappa shape index (κ3) is 1.73. The van der Waals surface area contributed by atoms with E-state index in [2.05, 4.69) is 0 Å². The van der Waals surface area contributed by atoms with Crippen molar-refractivity contribution in [3.05, 3.63) is 70.8 Å². The van der Waals surface area contributed by atoms with Crippen LogP contribution in [0.4, 0.5) is 0 Å². The van der Waals surface area contributed by atoms with Crippen molar-refractivity contribution >= 4 is 17.7 Å². The maximum Gasteiger partial charge on any atom is 0.318 e. The number of carbonyl (C=O) groups excluding carboxylic acids is 3. The quantitative estimate of drug-likeness (QED) is 0.598. The first-order chi connectivity index (χ1) is 10.7. The molecule has 1 aliphatic heterocycles. The van der Waals surface area contributed by atoms with E-state index in [0.29, 0.717) is 11.1 Å². The maximum absolute atomic E-state index is 12.6. The number of ketones is 1. The predicted octanol–water partition coefficient (Wildman–Crippen LogP) is 2.45. The fourth-order valence-corrected chi connectivity index (χ4v) is 3.44. The summed E-state index contributed by atoms with van der Waals surface area (Å²) >= 11 is 0. The van der Waals surface area contributed by atoms with E-state index in [0.717, 1.165) is 11.1 Å². The molecule has 0 N–H and O–H groups in total. The van der Waals surface area contributed by atoms with Crippen LogP contribution in [0.3, 0.4) is 0 Å². The minimum Gasteiger partial charge on any atom is -0.393 e. The van der Waals surface area contributed by atoms with Gasteiger partial charge in [-0.2, -0.15) is 0 Å². The van der Waals surface area contributed by atoms with Crippen LogP contribution in [0.25, 0.3) is 0 Å². The zero-order valence-corrected chi connectivity index (χ0v) is 11.6. The first-order valence-electron chi connectivity index (χ1n) is 7.14. The lowest BCUT2D eigenvalue weighted by Crippen LogP contribution is -2.27. The van der Waals surface area contributed by atoms with Gasteiger partial charge in [-0.15, -0.1) is 0 Å². The first-order valence-corrected chi connectivity index (χ1v) is 7.14. The highest BCUT2D eigenvalue weighted by atomic mass is 16.6. The Balaban J connectivity index is 1.95. The minimum atomic E-state index is -0.567. The van der Waals surface area contributed by atoms with Crippen LogP contribution in [0.2, 0.25) is 0 Å². The third-order valence-electron chi connectivity index (χ3n) is 4.39. The van der Waals surface area contributed by atoms with Crippen LogP contribution in [-0.2, 0) is 14.3 Å². The topological polar surface area (TPSA) is 60.4 Å². The molecule has 2 aliphatic rings. The molecule has 108 valence electrons. The second-order valence-electron chi connectivity index (χ2n) is 5.59. The molecule has 0 unspecified atom stereocenters. The number of benzene rings is 2. The minimum absolute atomic E-state index is 0.0415. The van der Waals surface area contributed by atoms with Crippen molar-refractivity contribution in [1.82, 2.24) is 0 Å². The summed E-state index contributed by atoms with van der Waals surface area (Å²) in [5, 5.41) is 0. The number of hydrogen-bond acceptors (Lipinski definition) is 4. The molecule has 0 spiro atoms. The van der Waals surface area contributed by atoms with Crippen LogP contribution in [0, 0.1) is 5.92 Å². The van der Waals surface area contributed by atoms with Crippen molar-refractivity contribution in [2.45, 2.75) is 12.3 Å². The van der Waals surface area contributed by atoms with Crippen molar-refractivity contribution in [3.8, 4) is 0 Å². The van der Waals surface area contributed by atoms with Gasteiger partial charge in [-0.3, -0.25) is 14.4 Å². The number of carbonyl (C=O) groups is 3. The standard InChI is InChI=1S/C18H12O4/c19-15-9-14(18(21)22-15)16-10-5-1-3-7-12(10)17(20)13-8-4-2-6-11(13)16/h1-8,14,16H,9H2/t14-/m1/s1. The van der Waals surface area contributed by atoms with Gasteiger partial charge in [0.05, 0.1) is 12.3 Å². The van der Waals surface area contributed by atoms with Gasteiger partial charge in [-0.25, -0.2) is 0 Å². The van der Waals surface area contributed by atoms with E-state index in [9.17, 15) is 14.4 Å². The molecule has 1 aliphatic carbocycles. The summed E-state index contributed by atoms with van der Waals surface area (Å²) in [5.74, 6) is -1.93. The monoisotopic (exact) mass is 292 g/mol. The van der Waals surface area contributed by atoms with Gasteiger partial charge in [0.15, 0.2) is 5.78 Å². The molecule has 2 aromatic rings. The van der Waals surface area contributed by atoms with E-state index in [1.54, 1.807) is 24.3 Å². The Morgan fingerprint density at radius 3 is 1.86 bits per heavy atom. The van der Waals surface area contributed by atoms with Crippen molar-refractivity contribution in [2.24, 2.45) is 5.92 Å². The summed E-state index contributed by atoms with van der Waals surface area (Å²) < 4.78 is 4.72. The Bertz CT molecular complexity index is 772. The Labute approximate surface area is 126 Å². The number of ether oxygens (including phenoxy) is 1. The van der Waals surface area contributed by atoms with Crippen molar-refractivity contribution in [3.63, 3.8) is 0 Å². The highest BCUT2D eigenvalue weighted by Gasteiger charge is 2.44. The molecular weight excluding hydrogens is 280 g/mol. The highest BCUT2D eigenvalue weighted by molar-refractivity contribution is 6.13. The van der Waals surface area contributed by atoms with Gasteiger partial charge in [0.1, 0.15) is 0 Å². The Kier molecular flexibility index (Phi) is 2.73. The zero-order valence-electron chi connectivity index (χ0n) is 11.6. The van der Waals surface area contributed by atoms with Crippen molar-refractivity contribution < 1.29 is 19.1 Å². The Hall–Kier alpha value is -2.75. The SMILES string of the molecule is O=C1C[C@H](C2c3ccccc3C(=O)c3ccccc32)C(=O)O1. The molecule has 2 aromatic carbocycles. The third-order valence-corrected chi connectivity index (χ3v) is 4.39. The summed E-state index contributed by atoms with van der Waals surface area (Å²) in [6.07, 6.45) is 0.0559. The Morgan fingerprint density at radius 2 is 1.36 bits per heavy atom. The van der Waals surface area contributed by atoms with Crippen LogP contribution in [-0.4, -0.2) is 17.7 Å². The summed E-state index contributed by atoms with van der Waals surface area (Å²) in [4.78, 5) is 36.2. The number of fused-ring (bicyclic) bond motifs is 2. The second kappa shape index (κ2) is 4.63. The number of cyclic esters (lactones) is 2. The van der Waals surface area contributed by atoms with Crippen LogP contribution in [0.1, 0.15) is 39.4 Å². The molecule has 4 rings (SSSR count). The zero-order chi connectivity index (χ0) is 15.3. The van der Waals surface area contributed by atoms with Gasteiger partial charge in [-0.05, 0) is 11.1 Å². The van der Waals surface area contributed by atoms with Gasteiger partial charge >= 0.3 is 11.9 Å². The molecule has 0 amide bonds. The molecule has 22 heavy (non-hydrogen) atoms. The van der Waals surface area contributed by atoms with Gasteiger partial charge in [0.25, 0.3) is 0 Å². The van der Waals surface area contributed by atoms with E-state index in [1.165, 1.54) is 0 Å². The van der Waals surface area contributed by atoms with Crippen LogP contribution >= 0.6 is 0 Å². The molecule has 1 atom stereocenters. The molecule has 1 heterocycles. The fraction of sp³-hybridized carbons (Fsp3) is 0.167. The van der Waals surface area contributed by atoms with Crippen LogP contribution in [0.5, 0.6) is 0 Å². The van der Waals surface area contributed by atoms with E-state index in [-0.39, 0.29) is 18.1 Å². The lowest BCUT2D eigenvalue weighted by molar-refractivity contribution is -0.153. The average molecular weight is 292 g/mol. The fourth-order valence-electron chi connectivity index (χ4n) is 3.44. The second-order valence-corrected chi connectivity index (χ2v) is 5.59. The van der Waals surface area contributed by atoms with Crippen molar-refractivity contribution in [1.29, 1.82) is 0 Å². The maximum atomic E-state index is 12.6. The van der Waals surface area contributed by atoms with Gasteiger partial charge in [-0.1, -0.05) is 48.5 Å². The summed E-state index contributed by atoms with van der Waals surface area (Å²) in [5.41, 5.74) is 2.78. The van der Waals surface area contributed by atoms with E-state index < -0.39 is 17.9 Å². The summed E-state index contributed by atoms with van der Waals surface area (Å²) in [7, 11) is 0. The smallest absolute Gasteiger partial charge is 0.318 e.